The van der Waals surface area contributed by atoms with E-state index in [1.807, 2.05) is 24.3 Å². The lowest BCUT2D eigenvalue weighted by Crippen LogP contribution is -2.05. The highest BCUT2D eigenvalue weighted by Crippen LogP contribution is 2.31. The number of anilines is 3. The van der Waals surface area contributed by atoms with Crippen molar-refractivity contribution >= 4 is 29.2 Å². The number of hydrogen-bond acceptors (Lipinski definition) is 7. The number of halogens is 1. The second-order valence-corrected chi connectivity index (χ2v) is 5.48. The van der Waals surface area contributed by atoms with Crippen molar-refractivity contribution in [1.29, 1.82) is 0 Å². The lowest BCUT2D eigenvalue weighted by molar-refractivity contribution is 0.415. The molecule has 0 aliphatic heterocycles. The number of hydrogen-bond donors (Lipinski definition) is 2. The van der Waals surface area contributed by atoms with Crippen molar-refractivity contribution in [2.24, 2.45) is 0 Å². The number of aromatic nitrogens is 3. The first-order valence-corrected chi connectivity index (χ1v) is 7.73. The number of methoxy groups -OCH3 is 2. The molecular formula is C17H16ClN5O2. The topological polar surface area (TPSA) is 95.2 Å². The van der Waals surface area contributed by atoms with Gasteiger partial charge in [0.05, 0.1) is 19.8 Å². The quantitative estimate of drug-likeness (QED) is 0.721. The standard InChI is InChI=1S/C17H16ClN5O2/c1-24-12-6-4-11(5-7-12)20-17-22-15(21-16(19)23-17)13-9-10(18)3-8-14(13)25-2/h3-9H,1-2H3,(H3,19,20,21,22,23). The van der Waals surface area contributed by atoms with Crippen LogP contribution in [-0.4, -0.2) is 29.2 Å². The normalized spacial score (nSPS) is 10.4. The third-order valence-corrected chi connectivity index (χ3v) is 3.64. The molecule has 0 fully saturated rings. The summed E-state index contributed by atoms with van der Waals surface area (Å²) in [6, 6.07) is 12.5. The Kier molecular flexibility index (Phi) is 4.85. The fraction of sp³-hybridized carbons (Fsp3) is 0.118. The number of nitrogens with zero attached hydrogens (tertiary/aromatic N) is 3. The van der Waals surface area contributed by atoms with Gasteiger partial charge in [-0.15, -0.1) is 0 Å². The van der Waals surface area contributed by atoms with Crippen molar-refractivity contribution in [2.75, 3.05) is 25.3 Å². The molecule has 0 aliphatic carbocycles. The van der Waals surface area contributed by atoms with Gasteiger partial charge in [0.25, 0.3) is 0 Å². The maximum Gasteiger partial charge on any atom is 0.232 e. The molecule has 0 radical (unpaired) electrons. The van der Waals surface area contributed by atoms with E-state index in [9.17, 15) is 0 Å². The Bertz CT molecular complexity index is 887. The van der Waals surface area contributed by atoms with E-state index in [0.717, 1.165) is 11.4 Å². The average molecular weight is 358 g/mol. The second kappa shape index (κ2) is 7.23. The third kappa shape index (κ3) is 3.89. The molecule has 3 rings (SSSR count). The van der Waals surface area contributed by atoms with E-state index in [0.29, 0.717) is 28.1 Å². The average Bonchev–Trinajstić information content (AvgIpc) is 2.62. The SMILES string of the molecule is COc1ccc(Nc2nc(N)nc(-c3cc(Cl)ccc3OC)n2)cc1. The minimum absolute atomic E-state index is 0.0861. The summed E-state index contributed by atoms with van der Waals surface area (Å²) in [7, 11) is 3.17. The third-order valence-electron chi connectivity index (χ3n) is 3.40. The summed E-state index contributed by atoms with van der Waals surface area (Å²) in [6.07, 6.45) is 0. The zero-order chi connectivity index (χ0) is 17.8. The molecule has 0 amide bonds. The lowest BCUT2D eigenvalue weighted by Gasteiger charge is -2.10. The van der Waals surface area contributed by atoms with E-state index in [4.69, 9.17) is 26.8 Å². The van der Waals surface area contributed by atoms with Crippen LogP contribution >= 0.6 is 11.6 Å². The van der Waals surface area contributed by atoms with Gasteiger partial charge in [-0.05, 0) is 42.5 Å². The summed E-state index contributed by atoms with van der Waals surface area (Å²) in [6.45, 7) is 0. The first-order chi connectivity index (χ1) is 12.1. The summed E-state index contributed by atoms with van der Waals surface area (Å²) in [5.41, 5.74) is 7.24. The summed E-state index contributed by atoms with van der Waals surface area (Å²) in [5.74, 6) is 2.11. The molecule has 1 aromatic heterocycles. The van der Waals surface area contributed by atoms with E-state index in [1.165, 1.54) is 0 Å². The maximum absolute atomic E-state index is 6.08. The Morgan fingerprint density at radius 3 is 2.40 bits per heavy atom. The van der Waals surface area contributed by atoms with Gasteiger partial charge in [0.1, 0.15) is 11.5 Å². The summed E-state index contributed by atoms with van der Waals surface area (Å²) >= 11 is 6.08. The van der Waals surface area contributed by atoms with Crippen LogP contribution in [0.1, 0.15) is 0 Å². The van der Waals surface area contributed by atoms with Crippen molar-refractivity contribution in [1.82, 2.24) is 15.0 Å². The van der Waals surface area contributed by atoms with Crippen molar-refractivity contribution in [2.45, 2.75) is 0 Å². The van der Waals surface area contributed by atoms with E-state index >= 15 is 0 Å². The first kappa shape index (κ1) is 16.8. The number of nitrogens with one attached hydrogen (secondary N) is 1. The number of benzene rings is 2. The maximum atomic E-state index is 6.08. The van der Waals surface area contributed by atoms with E-state index in [2.05, 4.69) is 20.3 Å². The minimum Gasteiger partial charge on any atom is -0.497 e. The summed E-state index contributed by atoms with van der Waals surface area (Å²) < 4.78 is 10.5. The molecule has 0 unspecified atom stereocenters. The first-order valence-electron chi connectivity index (χ1n) is 7.35. The fourth-order valence-electron chi connectivity index (χ4n) is 2.23. The molecule has 0 spiro atoms. The molecule has 0 saturated carbocycles. The van der Waals surface area contributed by atoms with Gasteiger partial charge in [-0.3, -0.25) is 0 Å². The molecule has 2 aromatic carbocycles. The zero-order valence-electron chi connectivity index (χ0n) is 13.7. The van der Waals surface area contributed by atoms with Crippen LogP contribution in [0.25, 0.3) is 11.4 Å². The minimum atomic E-state index is 0.0861. The highest BCUT2D eigenvalue weighted by molar-refractivity contribution is 6.30. The predicted octanol–water partition coefficient (Wildman–Crippen LogP) is 3.54. The lowest BCUT2D eigenvalue weighted by atomic mass is 10.2. The van der Waals surface area contributed by atoms with Crippen molar-refractivity contribution in [3.05, 3.63) is 47.5 Å². The van der Waals surface area contributed by atoms with Crippen LogP contribution < -0.4 is 20.5 Å². The summed E-state index contributed by atoms with van der Waals surface area (Å²) in [5, 5.41) is 3.63. The molecule has 8 heteroatoms. The van der Waals surface area contributed by atoms with Crippen LogP contribution in [0, 0.1) is 0 Å². The number of ether oxygens (including phenoxy) is 2. The molecule has 7 nitrogen and oxygen atoms in total. The van der Waals surface area contributed by atoms with Gasteiger partial charge in [-0.2, -0.15) is 15.0 Å². The Morgan fingerprint density at radius 2 is 1.72 bits per heavy atom. The molecule has 128 valence electrons. The van der Waals surface area contributed by atoms with E-state index in [1.54, 1.807) is 32.4 Å². The Balaban J connectivity index is 1.96. The molecule has 3 N–H and O–H groups in total. The molecule has 0 atom stereocenters. The summed E-state index contributed by atoms with van der Waals surface area (Å²) in [4.78, 5) is 12.7. The van der Waals surface area contributed by atoms with Crippen LogP contribution in [-0.2, 0) is 0 Å². The van der Waals surface area contributed by atoms with Gasteiger partial charge < -0.3 is 20.5 Å². The van der Waals surface area contributed by atoms with E-state index in [-0.39, 0.29) is 5.95 Å². The van der Waals surface area contributed by atoms with Crippen LogP contribution in [0.2, 0.25) is 5.02 Å². The van der Waals surface area contributed by atoms with Crippen LogP contribution in [0.4, 0.5) is 17.6 Å². The number of nitrogen functional groups attached to an aromatic ring is 1. The number of rotatable bonds is 5. The van der Waals surface area contributed by atoms with Gasteiger partial charge in [0.2, 0.25) is 11.9 Å². The van der Waals surface area contributed by atoms with Gasteiger partial charge in [-0.25, -0.2) is 0 Å². The molecule has 0 bridgehead atoms. The fourth-order valence-corrected chi connectivity index (χ4v) is 2.40. The highest BCUT2D eigenvalue weighted by atomic mass is 35.5. The van der Waals surface area contributed by atoms with Gasteiger partial charge in [-0.1, -0.05) is 11.6 Å². The van der Waals surface area contributed by atoms with Gasteiger partial charge in [0, 0.05) is 10.7 Å². The van der Waals surface area contributed by atoms with Crippen molar-refractivity contribution in [3.63, 3.8) is 0 Å². The molecular weight excluding hydrogens is 342 g/mol. The van der Waals surface area contributed by atoms with Gasteiger partial charge >= 0.3 is 0 Å². The van der Waals surface area contributed by atoms with Crippen LogP contribution in [0.3, 0.4) is 0 Å². The zero-order valence-corrected chi connectivity index (χ0v) is 14.4. The van der Waals surface area contributed by atoms with Crippen LogP contribution in [0.15, 0.2) is 42.5 Å². The smallest absolute Gasteiger partial charge is 0.232 e. The van der Waals surface area contributed by atoms with E-state index < -0.39 is 0 Å². The van der Waals surface area contributed by atoms with Crippen molar-refractivity contribution in [3.8, 4) is 22.9 Å². The Morgan fingerprint density at radius 1 is 0.960 bits per heavy atom. The molecule has 25 heavy (non-hydrogen) atoms. The highest BCUT2D eigenvalue weighted by Gasteiger charge is 2.13. The molecule has 0 saturated heterocycles. The molecule has 1 heterocycles. The van der Waals surface area contributed by atoms with Crippen LogP contribution in [0.5, 0.6) is 11.5 Å². The van der Waals surface area contributed by atoms with Crippen molar-refractivity contribution < 1.29 is 9.47 Å². The molecule has 3 aromatic rings. The monoisotopic (exact) mass is 357 g/mol. The Hall–Kier alpha value is -3.06. The van der Waals surface area contributed by atoms with Gasteiger partial charge in [0.15, 0.2) is 5.82 Å². The predicted molar refractivity (Wildman–Crippen MR) is 97.5 cm³/mol. The Labute approximate surface area is 149 Å². The largest absolute Gasteiger partial charge is 0.497 e. The number of nitrogens with two attached hydrogens (primary N) is 1. The second-order valence-electron chi connectivity index (χ2n) is 5.04. The molecule has 0 aliphatic rings.